The van der Waals surface area contributed by atoms with Gasteiger partial charge in [0.05, 0.1) is 0 Å². The van der Waals surface area contributed by atoms with E-state index in [1.165, 1.54) is 0 Å². The molecule has 0 atom stereocenters. The molecule has 0 fully saturated rings. The van der Waals surface area contributed by atoms with Gasteiger partial charge >= 0.3 is 296 Å². The van der Waals surface area contributed by atoms with Crippen molar-refractivity contribution in [2.45, 2.75) is 0 Å². The Hall–Kier alpha value is 9.20. The summed E-state index contributed by atoms with van der Waals surface area (Å²) in [5.74, 6) is 0. The van der Waals surface area contributed by atoms with Gasteiger partial charge in [-0.25, -0.2) is 0 Å². The van der Waals surface area contributed by atoms with Gasteiger partial charge in [0.2, 0.25) is 0 Å². The van der Waals surface area contributed by atoms with E-state index in [9.17, 15) is 0 Å². The Morgan fingerprint density at radius 3 is 0.100 bits per heavy atom. The van der Waals surface area contributed by atoms with Crippen molar-refractivity contribution in [1.29, 1.82) is 0 Å². The second-order valence-electron chi connectivity index (χ2n) is 0. The molecule has 0 radical (unpaired) electrons. The fourth-order valence-electron chi connectivity index (χ4n) is 0. The van der Waals surface area contributed by atoms with Crippen LogP contribution in [0.1, 0.15) is 14.3 Å². The van der Waals surface area contributed by atoms with E-state index >= 15 is 0 Å². The van der Waals surface area contributed by atoms with Crippen LogP contribution in [0.25, 0.3) is 0 Å². The first-order valence-electron chi connectivity index (χ1n) is 0. The zero-order valence-corrected chi connectivity index (χ0v) is 40.0. The van der Waals surface area contributed by atoms with Gasteiger partial charge in [-0.1, -0.05) is 0 Å². The van der Waals surface area contributed by atoms with Crippen molar-refractivity contribution < 1.29 is 419 Å². The van der Waals surface area contributed by atoms with Gasteiger partial charge in [-0.05, 0) is 0 Å². The molecule has 0 bridgehead atoms. The van der Waals surface area contributed by atoms with Crippen LogP contribution >= 0.6 is 0 Å². The zero-order chi connectivity index (χ0) is 0. The van der Waals surface area contributed by atoms with E-state index in [-0.39, 0.29) is 419 Å². The number of hydrogen-bond donors (Lipinski definition) is 0. The average molecular weight is 600 g/mol. The molecule has 0 rings (SSSR count). The molecule has 0 saturated heterocycles. The van der Waals surface area contributed by atoms with Crippen LogP contribution < -0.4 is 296 Å². The van der Waals surface area contributed by atoms with Gasteiger partial charge in [0.1, 0.15) is 0 Å². The standard InChI is InChI=1S/10Na.20H2O.10H/h;;;;;;;;;;20*1H2;;;;;;;;;;/q10*+1;;;;;;;;;;;;;;;;;;;;;10*-1. The molecule has 0 aromatic heterocycles. The molecule has 20 nitrogen and oxygen atoms in total. The zero-order valence-electron chi connectivity index (χ0n) is 30.0. The molecule has 0 aromatic carbocycles. The molecule has 0 unspecified atom stereocenters. The van der Waals surface area contributed by atoms with E-state index in [0.29, 0.717) is 0 Å². The summed E-state index contributed by atoms with van der Waals surface area (Å²) in [7, 11) is 0. The molecule has 0 amide bonds. The monoisotopic (exact) mass is 600 g/mol. The molecular formula is H50Na10O20. The molecule has 0 heterocycles. The van der Waals surface area contributed by atoms with Gasteiger partial charge in [0, 0.05) is 0 Å². The smallest absolute Gasteiger partial charge is 1.00 e. The minimum Gasteiger partial charge on any atom is -1.00 e. The van der Waals surface area contributed by atoms with Crippen LogP contribution in [0.5, 0.6) is 0 Å². The van der Waals surface area contributed by atoms with Gasteiger partial charge < -0.3 is 124 Å². The largest absolute Gasteiger partial charge is 1.00 e. The summed E-state index contributed by atoms with van der Waals surface area (Å²) in [5, 5.41) is 0. The first kappa shape index (κ1) is 676. The average Bonchev–Trinajstić information content (AvgIpc) is 0. The van der Waals surface area contributed by atoms with Crippen molar-refractivity contribution in [3.05, 3.63) is 0 Å². The van der Waals surface area contributed by atoms with E-state index in [1.807, 2.05) is 0 Å². The SMILES string of the molecule is O.O.O.O.O.O.O.O.O.O.O.O.O.O.O.O.O.O.O.O.[H-].[H-].[H-].[H-].[H-].[H-].[H-].[H-].[H-].[H-].[Na+].[Na+].[Na+].[Na+].[Na+].[Na+].[Na+].[Na+].[Na+].[Na+]. The summed E-state index contributed by atoms with van der Waals surface area (Å²) in [4.78, 5) is 0. The van der Waals surface area contributed by atoms with E-state index in [4.69, 9.17) is 0 Å². The molecule has 0 saturated carbocycles. The fourth-order valence-corrected chi connectivity index (χ4v) is 0. The van der Waals surface area contributed by atoms with Crippen molar-refractivity contribution in [2.24, 2.45) is 0 Å². The topological polar surface area (TPSA) is 630 Å². The summed E-state index contributed by atoms with van der Waals surface area (Å²) in [6, 6.07) is 0. The maximum Gasteiger partial charge on any atom is 1.00 e. The van der Waals surface area contributed by atoms with Crippen molar-refractivity contribution in [2.75, 3.05) is 0 Å². The van der Waals surface area contributed by atoms with Gasteiger partial charge in [-0.15, -0.1) is 0 Å². The maximum atomic E-state index is 0. The molecule has 30 heavy (non-hydrogen) atoms. The maximum absolute atomic E-state index is 0. The molecule has 40 N–H and O–H groups in total. The molecule has 0 aliphatic rings. The van der Waals surface area contributed by atoms with Gasteiger partial charge in [-0.2, -0.15) is 0 Å². The first-order chi connectivity index (χ1) is 0. The molecule has 180 valence electrons. The number of rotatable bonds is 0. The Labute approximate surface area is 410 Å². The second-order valence-corrected chi connectivity index (χ2v) is 0. The Morgan fingerprint density at radius 2 is 0.100 bits per heavy atom. The second kappa shape index (κ2) is 625. The van der Waals surface area contributed by atoms with E-state index < -0.39 is 0 Å². The molecule has 30 heteroatoms. The van der Waals surface area contributed by atoms with Crippen molar-refractivity contribution in [3.63, 3.8) is 0 Å². The van der Waals surface area contributed by atoms with Crippen LogP contribution in [0, 0.1) is 0 Å². The number of hydrogen-bond acceptors (Lipinski definition) is 0. The van der Waals surface area contributed by atoms with Crippen LogP contribution in [0.4, 0.5) is 0 Å². The van der Waals surface area contributed by atoms with Crippen molar-refractivity contribution in [3.8, 4) is 0 Å². The van der Waals surface area contributed by atoms with Crippen molar-refractivity contribution >= 4 is 0 Å². The van der Waals surface area contributed by atoms with Crippen molar-refractivity contribution in [1.82, 2.24) is 0 Å². The molecule has 0 aliphatic carbocycles. The van der Waals surface area contributed by atoms with Gasteiger partial charge in [-0.3, -0.25) is 0 Å². The Kier molecular flexibility index (Phi) is 14100. The Bertz CT molecular complexity index is 60.0. The molecule has 0 spiro atoms. The fraction of sp³-hybridized carbons (Fsp3) is 0. The third kappa shape index (κ3) is 576. The minimum absolute atomic E-state index is 0. The van der Waals surface area contributed by atoms with Crippen LogP contribution in [0.15, 0.2) is 0 Å². The normalized spacial score (nSPS) is 0. The van der Waals surface area contributed by atoms with Gasteiger partial charge in [0.15, 0.2) is 0 Å². The quantitative estimate of drug-likeness (QED) is 0.234. The predicted molar refractivity (Wildman–Crippen MR) is 83.4 cm³/mol. The summed E-state index contributed by atoms with van der Waals surface area (Å²) in [6.07, 6.45) is 0. The van der Waals surface area contributed by atoms with E-state index in [0.717, 1.165) is 0 Å². The van der Waals surface area contributed by atoms with E-state index in [2.05, 4.69) is 0 Å². The minimum atomic E-state index is 0. The third-order valence-electron chi connectivity index (χ3n) is 0. The predicted octanol–water partition coefficient (Wildman–Crippen LogP) is -45.3. The van der Waals surface area contributed by atoms with Crippen LogP contribution in [-0.2, 0) is 0 Å². The Balaban J connectivity index is 0. The molecular weight excluding hydrogens is 550 g/mol. The summed E-state index contributed by atoms with van der Waals surface area (Å²) >= 11 is 0. The summed E-state index contributed by atoms with van der Waals surface area (Å²) in [5.41, 5.74) is 0. The molecule has 0 aromatic rings. The summed E-state index contributed by atoms with van der Waals surface area (Å²) in [6.45, 7) is 0. The van der Waals surface area contributed by atoms with Gasteiger partial charge in [0.25, 0.3) is 0 Å². The van der Waals surface area contributed by atoms with Crippen LogP contribution in [0.3, 0.4) is 0 Å². The Morgan fingerprint density at radius 1 is 0.100 bits per heavy atom. The van der Waals surface area contributed by atoms with E-state index in [1.54, 1.807) is 0 Å². The molecule has 0 aliphatic heterocycles. The van der Waals surface area contributed by atoms with Crippen LogP contribution in [-0.4, -0.2) is 110 Å². The third-order valence-corrected chi connectivity index (χ3v) is 0. The summed E-state index contributed by atoms with van der Waals surface area (Å²) < 4.78 is 0. The van der Waals surface area contributed by atoms with Crippen LogP contribution in [0.2, 0.25) is 0 Å². The first-order valence-corrected chi connectivity index (χ1v) is 0.